The maximum atomic E-state index is 11.2. The Bertz CT molecular complexity index is 416. The summed E-state index contributed by atoms with van der Waals surface area (Å²) in [6, 6.07) is 5.81. The summed E-state index contributed by atoms with van der Waals surface area (Å²) >= 11 is 0. The fourth-order valence-corrected chi connectivity index (χ4v) is 2.04. The lowest BCUT2D eigenvalue weighted by Gasteiger charge is -2.21. The van der Waals surface area contributed by atoms with E-state index < -0.39 is 0 Å². The van der Waals surface area contributed by atoms with Crippen LogP contribution in [0.15, 0.2) is 18.2 Å². The zero-order chi connectivity index (χ0) is 13.7. The number of nitrogens with two attached hydrogens (primary N) is 1. The number of anilines is 1. The number of carbonyl (C=O) groups excluding carboxylic acids is 1. The van der Waals surface area contributed by atoms with Crippen molar-refractivity contribution in [2.45, 2.75) is 26.7 Å². The molecule has 1 rings (SSSR count). The number of rotatable bonds is 5. The summed E-state index contributed by atoms with van der Waals surface area (Å²) in [4.78, 5) is 11.2. The van der Waals surface area contributed by atoms with E-state index in [1.165, 1.54) is 6.92 Å². The van der Waals surface area contributed by atoms with E-state index in [1.54, 1.807) is 7.11 Å². The van der Waals surface area contributed by atoms with E-state index in [2.05, 4.69) is 19.2 Å². The first-order chi connectivity index (χ1) is 8.49. The molecular formula is C14H22N2O2. The summed E-state index contributed by atoms with van der Waals surface area (Å²) in [5.74, 6) is 1.28. The van der Waals surface area contributed by atoms with Crippen LogP contribution < -0.4 is 15.8 Å². The van der Waals surface area contributed by atoms with E-state index in [0.717, 1.165) is 5.56 Å². The van der Waals surface area contributed by atoms with E-state index in [1.807, 2.05) is 18.2 Å². The molecule has 1 amide bonds. The van der Waals surface area contributed by atoms with E-state index in [9.17, 15) is 4.79 Å². The highest BCUT2D eigenvalue weighted by Gasteiger charge is 2.16. The van der Waals surface area contributed by atoms with Crippen LogP contribution in [0.1, 0.15) is 32.3 Å². The average molecular weight is 250 g/mol. The average Bonchev–Trinajstić information content (AvgIpc) is 2.29. The maximum Gasteiger partial charge on any atom is 0.221 e. The minimum atomic E-state index is -0.112. The molecule has 0 fully saturated rings. The molecule has 0 aliphatic heterocycles. The van der Waals surface area contributed by atoms with E-state index >= 15 is 0 Å². The lowest BCUT2D eigenvalue weighted by Crippen LogP contribution is -2.18. The van der Waals surface area contributed by atoms with Crippen LogP contribution in [0.2, 0.25) is 0 Å². The SMILES string of the molecule is COc1ccc(C(CN)C(C)C)cc1NC(C)=O. The van der Waals surface area contributed by atoms with Gasteiger partial charge in [0.15, 0.2) is 0 Å². The van der Waals surface area contributed by atoms with E-state index in [0.29, 0.717) is 23.9 Å². The highest BCUT2D eigenvalue weighted by Crippen LogP contribution is 2.31. The summed E-state index contributed by atoms with van der Waals surface area (Å²) in [6.07, 6.45) is 0. The number of benzene rings is 1. The summed E-state index contributed by atoms with van der Waals surface area (Å²) in [5.41, 5.74) is 7.63. The monoisotopic (exact) mass is 250 g/mol. The van der Waals surface area contributed by atoms with Crippen molar-refractivity contribution >= 4 is 11.6 Å². The molecule has 0 aliphatic carbocycles. The number of amides is 1. The van der Waals surface area contributed by atoms with Crippen molar-refractivity contribution in [1.82, 2.24) is 0 Å². The van der Waals surface area contributed by atoms with Gasteiger partial charge in [-0.15, -0.1) is 0 Å². The number of hydrogen-bond donors (Lipinski definition) is 2. The predicted molar refractivity (Wildman–Crippen MR) is 73.9 cm³/mol. The second-order valence-electron chi connectivity index (χ2n) is 4.73. The first-order valence-corrected chi connectivity index (χ1v) is 6.15. The van der Waals surface area contributed by atoms with Crippen molar-refractivity contribution in [3.05, 3.63) is 23.8 Å². The Morgan fingerprint density at radius 3 is 2.56 bits per heavy atom. The molecule has 1 atom stereocenters. The first-order valence-electron chi connectivity index (χ1n) is 6.15. The minimum Gasteiger partial charge on any atom is -0.495 e. The Balaban J connectivity index is 3.12. The predicted octanol–water partition coefficient (Wildman–Crippen LogP) is 2.35. The molecule has 0 spiro atoms. The van der Waals surface area contributed by atoms with Gasteiger partial charge in [0.05, 0.1) is 12.8 Å². The van der Waals surface area contributed by atoms with Gasteiger partial charge in [-0.25, -0.2) is 0 Å². The Morgan fingerprint density at radius 1 is 1.44 bits per heavy atom. The van der Waals surface area contributed by atoms with Crippen molar-refractivity contribution in [2.75, 3.05) is 19.0 Å². The molecule has 0 bridgehead atoms. The van der Waals surface area contributed by atoms with Crippen LogP contribution in [0.25, 0.3) is 0 Å². The Morgan fingerprint density at radius 2 is 2.11 bits per heavy atom. The molecule has 3 N–H and O–H groups in total. The number of nitrogens with one attached hydrogen (secondary N) is 1. The molecule has 0 aliphatic rings. The molecule has 0 radical (unpaired) electrons. The maximum absolute atomic E-state index is 11.2. The third-order valence-electron chi connectivity index (χ3n) is 3.02. The molecular weight excluding hydrogens is 228 g/mol. The van der Waals surface area contributed by atoms with Crippen molar-refractivity contribution < 1.29 is 9.53 Å². The summed E-state index contributed by atoms with van der Waals surface area (Å²) < 4.78 is 5.23. The number of carbonyl (C=O) groups is 1. The lowest BCUT2D eigenvalue weighted by molar-refractivity contribution is -0.114. The second kappa shape index (κ2) is 6.40. The zero-order valence-electron chi connectivity index (χ0n) is 11.5. The third kappa shape index (κ3) is 3.47. The Labute approximate surface area is 109 Å². The highest BCUT2D eigenvalue weighted by molar-refractivity contribution is 5.90. The molecule has 0 saturated carbocycles. The van der Waals surface area contributed by atoms with Gasteiger partial charge in [-0.05, 0) is 36.1 Å². The summed E-state index contributed by atoms with van der Waals surface area (Å²) in [5, 5.41) is 2.78. The highest BCUT2D eigenvalue weighted by atomic mass is 16.5. The van der Waals surface area contributed by atoms with E-state index in [4.69, 9.17) is 10.5 Å². The zero-order valence-corrected chi connectivity index (χ0v) is 11.5. The standard InChI is InChI=1S/C14H22N2O2/c1-9(2)12(8-15)11-5-6-14(18-4)13(7-11)16-10(3)17/h5-7,9,12H,8,15H2,1-4H3,(H,16,17). The normalized spacial score (nSPS) is 12.3. The van der Waals surface area contributed by atoms with Crippen LogP contribution in [-0.4, -0.2) is 19.6 Å². The smallest absolute Gasteiger partial charge is 0.221 e. The van der Waals surface area contributed by atoms with Crippen LogP contribution in [0.4, 0.5) is 5.69 Å². The molecule has 4 heteroatoms. The molecule has 1 unspecified atom stereocenters. The van der Waals surface area contributed by atoms with Gasteiger partial charge in [0, 0.05) is 6.92 Å². The number of ether oxygens (including phenoxy) is 1. The largest absolute Gasteiger partial charge is 0.495 e. The number of methoxy groups -OCH3 is 1. The molecule has 4 nitrogen and oxygen atoms in total. The minimum absolute atomic E-state index is 0.112. The van der Waals surface area contributed by atoms with Gasteiger partial charge in [-0.3, -0.25) is 4.79 Å². The van der Waals surface area contributed by atoms with Gasteiger partial charge in [-0.1, -0.05) is 19.9 Å². The van der Waals surface area contributed by atoms with Gasteiger partial charge < -0.3 is 15.8 Å². The van der Waals surface area contributed by atoms with Crippen LogP contribution in [0.3, 0.4) is 0 Å². The van der Waals surface area contributed by atoms with E-state index in [-0.39, 0.29) is 11.8 Å². The molecule has 1 aromatic rings. The van der Waals surface area contributed by atoms with Gasteiger partial charge in [0.2, 0.25) is 5.91 Å². The molecule has 0 aromatic heterocycles. The van der Waals surface area contributed by atoms with Crippen LogP contribution in [-0.2, 0) is 4.79 Å². The molecule has 100 valence electrons. The van der Waals surface area contributed by atoms with Crippen LogP contribution in [0.5, 0.6) is 5.75 Å². The summed E-state index contributed by atoms with van der Waals surface area (Å²) in [6.45, 7) is 6.35. The fourth-order valence-electron chi connectivity index (χ4n) is 2.04. The van der Waals surface area contributed by atoms with Crippen molar-refractivity contribution in [2.24, 2.45) is 11.7 Å². The molecule has 1 aromatic carbocycles. The third-order valence-corrected chi connectivity index (χ3v) is 3.02. The van der Waals surface area contributed by atoms with Gasteiger partial charge in [0.1, 0.15) is 5.75 Å². The quantitative estimate of drug-likeness (QED) is 0.843. The fraction of sp³-hybridized carbons (Fsp3) is 0.500. The first kappa shape index (κ1) is 14.5. The Hall–Kier alpha value is -1.55. The van der Waals surface area contributed by atoms with Crippen LogP contribution >= 0.6 is 0 Å². The van der Waals surface area contributed by atoms with Crippen molar-refractivity contribution in [3.63, 3.8) is 0 Å². The van der Waals surface area contributed by atoms with Crippen molar-refractivity contribution in [3.8, 4) is 5.75 Å². The summed E-state index contributed by atoms with van der Waals surface area (Å²) in [7, 11) is 1.59. The molecule has 0 saturated heterocycles. The van der Waals surface area contributed by atoms with Gasteiger partial charge in [0.25, 0.3) is 0 Å². The molecule has 0 heterocycles. The van der Waals surface area contributed by atoms with Crippen LogP contribution in [0, 0.1) is 5.92 Å². The lowest BCUT2D eigenvalue weighted by atomic mass is 9.88. The topological polar surface area (TPSA) is 64.3 Å². The Kier molecular flexibility index (Phi) is 5.16. The second-order valence-corrected chi connectivity index (χ2v) is 4.73. The molecule has 18 heavy (non-hydrogen) atoms. The van der Waals surface area contributed by atoms with Crippen molar-refractivity contribution in [1.29, 1.82) is 0 Å². The number of hydrogen-bond acceptors (Lipinski definition) is 3. The van der Waals surface area contributed by atoms with Gasteiger partial charge in [-0.2, -0.15) is 0 Å². The van der Waals surface area contributed by atoms with Gasteiger partial charge >= 0.3 is 0 Å².